The van der Waals surface area contributed by atoms with E-state index in [0.717, 1.165) is 10.4 Å². The summed E-state index contributed by atoms with van der Waals surface area (Å²) >= 11 is 5.81. The minimum Gasteiger partial charge on any atom is -0.478 e. The monoisotopic (exact) mass is 351 g/mol. The molecule has 0 aliphatic heterocycles. The van der Waals surface area contributed by atoms with E-state index in [-0.39, 0.29) is 4.90 Å². The molecule has 0 heterocycles. The highest BCUT2D eigenvalue weighted by molar-refractivity contribution is 7.92. The Balaban J connectivity index is 2.37. The van der Waals surface area contributed by atoms with Crippen molar-refractivity contribution in [1.82, 2.24) is 0 Å². The zero-order valence-electron chi connectivity index (χ0n) is 12.2. The fraction of sp³-hybridized carbons (Fsp3) is 0.0625. The van der Waals surface area contributed by atoms with E-state index >= 15 is 0 Å². The summed E-state index contributed by atoms with van der Waals surface area (Å²) in [4.78, 5) is 10.6. The van der Waals surface area contributed by atoms with Crippen molar-refractivity contribution in [3.05, 3.63) is 65.2 Å². The van der Waals surface area contributed by atoms with Crippen LogP contribution >= 0.6 is 11.6 Å². The van der Waals surface area contributed by atoms with Gasteiger partial charge in [-0.05, 0) is 48.0 Å². The SMILES string of the molecule is CN(c1ccc(Cl)cc1)S(=O)(=O)c1cccc(/C=C/C(=O)O)c1. The number of halogens is 1. The Morgan fingerprint density at radius 3 is 2.43 bits per heavy atom. The summed E-state index contributed by atoms with van der Waals surface area (Å²) < 4.78 is 26.5. The Morgan fingerprint density at radius 2 is 1.83 bits per heavy atom. The first-order chi connectivity index (χ1) is 10.8. The number of anilines is 1. The van der Waals surface area contributed by atoms with Gasteiger partial charge in [0.05, 0.1) is 10.6 Å². The average molecular weight is 352 g/mol. The quantitative estimate of drug-likeness (QED) is 0.839. The highest BCUT2D eigenvalue weighted by atomic mass is 35.5. The molecule has 0 fully saturated rings. The summed E-state index contributed by atoms with van der Waals surface area (Å²) in [6.07, 6.45) is 2.29. The number of carboxylic acid groups (broad SMARTS) is 1. The van der Waals surface area contributed by atoms with E-state index in [1.54, 1.807) is 36.4 Å². The Bertz CT molecular complexity index is 845. The van der Waals surface area contributed by atoms with Crippen LogP contribution in [0, 0.1) is 0 Å². The molecule has 1 N–H and O–H groups in total. The normalized spacial score (nSPS) is 11.6. The molecule has 7 heteroatoms. The summed E-state index contributed by atoms with van der Waals surface area (Å²) in [6, 6.07) is 12.5. The van der Waals surface area contributed by atoms with E-state index in [4.69, 9.17) is 16.7 Å². The van der Waals surface area contributed by atoms with E-state index in [1.165, 1.54) is 25.3 Å². The molecule has 0 aliphatic rings. The molecule has 0 atom stereocenters. The van der Waals surface area contributed by atoms with Gasteiger partial charge in [-0.1, -0.05) is 23.7 Å². The predicted octanol–water partition coefficient (Wildman–Crippen LogP) is 3.26. The Labute approximate surface area is 139 Å². The van der Waals surface area contributed by atoms with Crippen molar-refractivity contribution in [2.45, 2.75) is 4.90 Å². The van der Waals surface area contributed by atoms with Gasteiger partial charge in [0.2, 0.25) is 0 Å². The maximum atomic E-state index is 12.7. The lowest BCUT2D eigenvalue weighted by atomic mass is 10.2. The van der Waals surface area contributed by atoms with Crippen molar-refractivity contribution in [2.24, 2.45) is 0 Å². The van der Waals surface area contributed by atoms with E-state index in [1.807, 2.05) is 0 Å². The van der Waals surface area contributed by atoms with E-state index in [2.05, 4.69) is 0 Å². The lowest BCUT2D eigenvalue weighted by Gasteiger charge is -2.19. The molecule has 5 nitrogen and oxygen atoms in total. The topological polar surface area (TPSA) is 74.7 Å². The summed E-state index contributed by atoms with van der Waals surface area (Å²) in [7, 11) is -2.31. The minimum atomic E-state index is -3.76. The Kier molecular flexibility index (Phi) is 5.08. The van der Waals surface area contributed by atoms with Gasteiger partial charge in [-0.3, -0.25) is 4.31 Å². The first-order valence-electron chi connectivity index (χ1n) is 6.56. The van der Waals surface area contributed by atoms with Gasteiger partial charge in [-0.2, -0.15) is 0 Å². The Hall–Kier alpha value is -2.31. The average Bonchev–Trinajstić information content (AvgIpc) is 2.53. The van der Waals surface area contributed by atoms with E-state index in [0.29, 0.717) is 16.3 Å². The lowest BCUT2D eigenvalue weighted by Crippen LogP contribution is -2.26. The van der Waals surface area contributed by atoms with Crippen LogP contribution in [0.4, 0.5) is 5.69 Å². The zero-order valence-corrected chi connectivity index (χ0v) is 13.8. The molecule has 2 aromatic rings. The molecule has 0 spiro atoms. The smallest absolute Gasteiger partial charge is 0.328 e. The van der Waals surface area contributed by atoms with Crippen molar-refractivity contribution < 1.29 is 18.3 Å². The van der Waals surface area contributed by atoms with Crippen LogP contribution in [0.1, 0.15) is 5.56 Å². The molecule has 0 bridgehead atoms. The number of hydrogen-bond donors (Lipinski definition) is 1. The van der Waals surface area contributed by atoms with Gasteiger partial charge in [0.1, 0.15) is 0 Å². The van der Waals surface area contributed by atoms with Gasteiger partial charge in [0, 0.05) is 18.1 Å². The van der Waals surface area contributed by atoms with Gasteiger partial charge in [-0.25, -0.2) is 13.2 Å². The number of rotatable bonds is 5. The van der Waals surface area contributed by atoms with E-state index < -0.39 is 16.0 Å². The third-order valence-corrected chi connectivity index (χ3v) is 5.16. The highest BCUT2D eigenvalue weighted by Crippen LogP contribution is 2.24. The van der Waals surface area contributed by atoms with Crippen molar-refractivity contribution >= 4 is 39.4 Å². The molecular weight excluding hydrogens is 338 g/mol. The Morgan fingerprint density at radius 1 is 1.17 bits per heavy atom. The first kappa shape index (κ1) is 17.1. The van der Waals surface area contributed by atoms with Gasteiger partial charge in [-0.15, -0.1) is 0 Å². The van der Waals surface area contributed by atoms with Crippen LogP contribution in [0.3, 0.4) is 0 Å². The molecule has 23 heavy (non-hydrogen) atoms. The molecule has 0 amide bonds. The molecule has 2 rings (SSSR count). The number of hydrogen-bond acceptors (Lipinski definition) is 3. The summed E-state index contributed by atoms with van der Waals surface area (Å²) in [5.41, 5.74) is 0.957. The van der Waals surface area contributed by atoms with Crippen LogP contribution < -0.4 is 4.31 Å². The second-order valence-corrected chi connectivity index (χ2v) is 7.10. The third-order valence-electron chi connectivity index (χ3n) is 3.13. The number of benzene rings is 2. The number of nitrogens with zero attached hydrogens (tertiary/aromatic N) is 1. The molecule has 120 valence electrons. The van der Waals surface area contributed by atoms with Crippen molar-refractivity contribution in [2.75, 3.05) is 11.4 Å². The zero-order chi connectivity index (χ0) is 17.0. The van der Waals surface area contributed by atoms with Crippen molar-refractivity contribution in [1.29, 1.82) is 0 Å². The largest absolute Gasteiger partial charge is 0.478 e. The number of carbonyl (C=O) groups is 1. The fourth-order valence-electron chi connectivity index (χ4n) is 1.89. The molecule has 0 saturated heterocycles. The van der Waals surface area contributed by atoms with Crippen LogP contribution in [-0.4, -0.2) is 26.5 Å². The number of aliphatic carboxylic acids is 1. The third kappa shape index (κ3) is 4.12. The molecule has 0 aliphatic carbocycles. The number of carboxylic acids is 1. The first-order valence-corrected chi connectivity index (χ1v) is 8.38. The fourth-order valence-corrected chi connectivity index (χ4v) is 3.27. The van der Waals surface area contributed by atoms with Crippen LogP contribution in [0.2, 0.25) is 5.02 Å². The lowest BCUT2D eigenvalue weighted by molar-refractivity contribution is -0.131. The van der Waals surface area contributed by atoms with Gasteiger partial charge >= 0.3 is 5.97 Å². The summed E-state index contributed by atoms with van der Waals surface area (Å²) in [5, 5.41) is 9.15. The molecular formula is C16H14ClNO4S. The number of sulfonamides is 1. The van der Waals surface area contributed by atoms with E-state index in [9.17, 15) is 13.2 Å². The molecule has 2 aromatic carbocycles. The van der Waals surface area contributed by atoms with Gasteiger partial charge < -0.3 is 5.11 Å². The maximum absolute atomic E-state index is 12.7. The van der Waals surface area contributed by atoms with Crippen LogP contribution in [0.25, 0.3) is 6.08 Å². The standard InChI is InChI=1S/C16H14ClNO4S/c1-18(14-8-6-13(17)7-9-14)23(21,22)15-4-2-3-12(11-15)5-10-16(19)20/h2-11H,1H3,(H,19,20)/b10-5+. The van der Waals surface area contributed by atoms with Crippen molar-refractivity contribution in [3.63, 3.8) is 0 Å². The molecule has 0 aromatic heterocycles. The minimum absolute atomic E-state index is 0.0717. The summed E-state index contributed by atoms with van der Waals surface area (Å²) in [5.74, 6) is -1.10. The molecule has 0 radical (unpaired) electrons. The van der Waals surface area contributed by atoms with Crippen LogP contribution in [-0.2, 0) is 14.8 Å². The van der Waals surface area contributed by atoms with Gasteiger partial charge in [0.25, 0.3) is 10.0 Å². The second kappa shape index (κ2) is 6.85. The predicted molar refractivity (Wildman–Crippen MR) is 90.2 cm³/mol. The molecule has 0 unspecified atom stereocenters. The highest BCUT2D eigenvalue weighted by Gasteiger charge is 2.21. The van der Waals surface area contributed by atoms with Gasteiger partial charge in [0.15, 0.2) is 0 Å². The van der Waals surface area contributed by atoms with Crippen LogP contribution in [0.15, 0.2) is 59.5 Å². The maximum Gasteiger partial charge on any atom is 0.328 e. The van der Waals surface area contributed by atoms with Crippen molar-refractivity contribution in [3.8, 4) is 0 Å². The summed E-state index contributed by atoms with van der Waals surface area (Å²) in [6.45, 7) is 0. The second-order valence-electron chi connectivity index (χ2n) is 4.69. The molecule has 0 saturated carbocycles. The van der Waals surface area contributed by atoms with Crippen LogP contribution in [0.5, 0.6) is 0 Å².